The molecule has 1 aromatic carbocycles. The Bertz CT molecular complexity index is 319. The molecule has 1 unspecified atom stereocenters. The van der Waals surface area contributed by atoms with Gasteiger partial charge < -0.3 is 5.11 Å². The number of carboxylic acids is 1. The van der Waals surface area contributed by atoms with Crippen molar-refractivity contribution in [1.82, 2.24) is 0 Å². The Hall–Kier alpha value is -1.57. The lowest BCUT2D eigenvalue weighted by Crippen LogP contribution is -1.91. The summed E-state index contributed by atoms with van der Waals surface area (Å²) in [6, 6.07) is 9.52. The van der Waals surface area contributed by atoms with Crippen LogP contribution >= 0.6 is 0 Å². The minimum atomic E-state index is -0.942. The molecule has 1 aromatic rings. The molecule has 68 valence electrons. The van der Waals surface area contributed by atoms with Gasteiger partial charge in [-0.2, -0.15) is 0 Å². The number of hydrogen-bond donors (Lipinski definition) is 1. The van der Waals surface area contributed by atoms with E-state index in [1.165, 1.54) is 0 Å². The summed E-state index contributed by atoms with van der Waals surface area (Å²) in [6.45, 7) is 0. The monoisotopic (exact) mass is 177 g/mol. The Morgan fingerprint density at radius 1 is 1.46 bits per heavy atom. The molecule has 13 heavy (non-hydrogen) atoms. The smallest absolute Gasteiger partial charge is 0.303 e. The van der Waals surface area contributed by atoms with Crippen molar-refractivity contribution >= 4 is 12.0 Å². The largest absolute Gasteiger partial charge is 0.481 e. The van der Waals surface area contributed by atoms with Gasteiger partial charge in [-0.15, -0.1) is 0 Å². The van der Waals surface area contributed by atoms with Gasteiger partial charge in [-0.3, -0.25) is 4.79 Å². The van der Waals surface area contributed by atoms with E-state index in [1.807, 2.05) is 30.3 Å². The number of rotatable bonds is 4. The summed E-state index contributed by atoms with van der Waals surface area (Å²) in [7, 11) is 0. The molecule has 2 heteroatoms. The zero-order valence-corrected chi connectivity index (χ0v) is 7.18. The zero-order valence-electron chi connectivity index (χ0n) is 8.18. The number of allylic oxidation sites excluding steroid dienone is 1. The first-order chi connectivity index (χ1) is 6.68. The summed E-state index contributed by atoms with van der Waals surface area (Å²) in [6.07, 6.45) is 2.53. The van der Waals surface area contributed by atoms with Crippen molar-refractivity contribution in [2.24, 2.45) is 0 Å². The molecule has 0 saturated heterocycles. The van der Waals surface area contributed by atoms with E-state index in [0.29, 0.717) is 0 Å². The molecular formula is C11H12O2. The fourth-order valence-corrected chi connectivity index (χ4v) is 0.912. The first-order valence-corrected chi connectivity index (χ1v) is 4.06. The molecular weight excluding hydrogens is 164 g/mol. The van der Waals surface area contributed by atoms with E-state index in [9.17, 15) is 4.79 Å². The number of benzene rings is 1. The van der Waals surface area contributed by atoms with Crippen LogP contribution in [-0.2, 0) is 4.79 Å². The van der Waals surface area contributed by atoms with Crippen LogP contribution in [0.5, 0.6) is 0 Å². The molecule has 0 spiro atoms. The Kier molecular flexibility index (Phi) is 3.18. The Labute approximate surface area is 78.9 Å². The highest BCUT2D eigenvalue weighted by molar-refractivity contribution is 5.67. The molecule has 0 radical (unpaired) electrons. The molecule has 0 aromatic heterocycles. The number of carbonyl (C=O) groups is 1. The topological polar surface area (TPSA) is 37.3 Å². The van der Waals surface area contributed by atoms with Crippen molar-refractivity contribution in [2.75, 3.05) is 0 Å². The standard InChI is InChI=1S/C11H12O2/c12-11(13)9-5-4-8-10-6-2-1-3-7-10/h1-4,6-8H,5,9H2,(H,12,13)/b8-4+/i5D. The molecule has 0 aliphatic heterocycles. The average molecular weight is 177 g/mol. The van der Waals surface area contributed by atoms with Crippen molar-refractivity contribution in [3.8, 4) is 0 Å². The lowest BCUT2D eigenvalue weighted by atomic mass is 10.2. The highest BCUT2D eigenvalue weighted by atomic mass is 16.4. The van der Waals surface area contributed by atoms with E-state index in [4.69, 9.17) is 6.48 Å². The molecule has 1 N–H and O–H groups in total. The second-order valence-corrected chi connectivity index (χ2v) is 2.60. The third kappa shape index (κ3) is 4.11. The van der Waals surface area contributed by atoms with Crippen LogP contribution in [-0.4, -0.2) is 11.1 Å². The predicted octanol–water partition coefficient (Wildman–Crippen LogP) is 2.56. The number of carboxylic acid groups (broad SMARTS) is 1. The maximum absolute atomic E-state index is 10.3. The Morgan fingerprint density at radius 2 is 2.15 bits per heavy atom. The van der Waals surface area contributed by atoms with Crippen molar-refractivity contribution < 1.29 is 11.3 Å². The van der Waals surface area contributed by atoms with Gasteiger partial charge in [0.2, 0.25) is 0 Å². The van der Waals surface area contributed by atoms with Crippen LogP contribution in [0.1, 0.15) is 19.8 Å². The van der Waals surface area contributed by atoms with Gasteiger partial charge in [0.25, 0.3) is 0 Å². The Balaban J connectivity index is 2.52. The predicted molar refractivity (Wildman–Crippen MR) is 52.3 cm³/mol. The van der Waals surface area contributed by atoms with Crippen LogP contribution in [0, 0.1) is 0 Å². The Morgan fingerprint density at radius 3 is 2.77 bits per heavy atom. The number of aliphatic carboxylic acids is 1. The van der Waals surface area contributed by atoms with Gasteiger partial charge in [-0.1, -0.05) is 42.5 Å². The zero-order chi connectivity index (χ0) is 10.4. The van der Waals surface area contributed by atoms with E-state index in [0.717, 1.165) is 5.56 Å². The van der Waals surface area contributed by atoms with Crippen molar-refractivity contribution in [3.63, 3.8) is 0 Å². The first kappa shape index (κ1) is 8.05. The summed E-state index contributed by atoms with van der Waals surface area (Å²) >= 11 is 0. The number of hydrogen-bond acceptors (Lipinski definition) is 1. The van der Waals surface area contributed by atoms with Crippen LogP contribution in [0.15, 0.2) is 36.4 Å². The maximum atomic E-state index is 10.3. The molecule has 0 aliphatic carbocycles. The summed E-state index contributed by atoms with van der Waals surface area (Å²) in [4.78, 5) is 10.3. The van der Waals surface area contributed by atoms with Crippen molar-refractivity contribution in [2.45, 2.75) is 12.8 Å². The van der Waals surface area contributed by atoms with E-state index in [-0.39, 0.29) is 6.42 Å². The highest BCUT2D eigenvalue weighted by Gasteiger charge is 1.91. The lowest BCUT2D eigenvalue weighted by Gasteiger charge is -1.90. The highest BCUT2D eigenvalue weighted by Crippen LogP contribution is 2.02. The van der Waals surface area contributed by atoms with Gasteiger partial charge in [-0.05, 0) is 12.0 Å². The van der Waals surface area contributed by atoms with Gasteiger partial charge in [-0.25, -0.2) is 0 Å². The molecule has 0 heterocycles. The fraction of sp³-hybridized carbons (Fsp3) is 0.182. The van der Waals surface area contributed by atoms with Gasteiger partial charge in [0, 0.05) is 7.79 Å². The molecule has 2 nitrogen and oxygen atoms in total. The molecule has 1 rings (SSSR count). The second-order valence-electron chi connectivity index (χ2n) is 2.60. The molecule has 0 bridgehead atoms. The van der Waals surface area contributed by atoms with E-state index in [2.05, 4.69) is 0 Å². The first-order valence-electron chi connectivity index (χ1n) is 4.63. The minimum absolute atomic E-state index is 0.149. The molecule has 0 saturated carbocycles. The SMILES string of the molecule is [2H]C(/C=C/c1ccccc1)CC(=O)O. The molecule has 0 aliphatic rings. The lowest BCUT2D eigenvalue weighted by molar-refractivity contribution is -0.136. The third-order valence-corrected chi connectivity index (χ3v) is 1.52. The normalized spacial score (nSPS) is 14.0. The van der Waals surface area contributed by atoms with E-state index >= 15 is 0 Å². The quantitative estimate of drug-likeness (QED) is 0.767. The summed E-state index contributed by atoms with van der Waals surface area (Å²) in [5.74, 6) is -0.942. The van der Waals surface area contributed by atoms with Gasteiger partial charge in [0.15, 0.2) is 0 Å². The minimum Gasteiger partial charge on any atom is -0.481 e. The van der Waals surface area contributed by atoms with Gasteiger partial charge in [0.05, 0.1) is 0 Å². The molecule has 1 atom stereocenters. The third-order valence-electron chi connectivity index (χ3n) is 1.52. The fourth-order valence-electron chi connectivity index (χ4n) is 0.912. The van der Waals surface area contributed by atoms with Crippen LogP contribution in [0.4, 0.5) is 0 Å². The van der Waals surface area contributed by atoms with Crippen LogP contribution in [0.2, 0.25) is 0 Å². The molecule has 0 fully saturated rings. The summed E-state index contributed by atoms with van der Waals surface area (Å²) in [5.41, 5.74) is 0.982. The van der Waals surface area contributed by atoms with Crippen molar-refractivity contribution in [3.05, 3.63) is 42.0 Å². The van der Waals surface area contributed by atoms with Gasteiger partial charge >= 0.3 is 5.97 Å². The average Bonchev–Trinajstić information content (AvgIpc) is 2.15. The van der Waals surface area contributed by atoms with Crippen LogP contribution < -0.4 is 0 Å². The second kappa shape index (κ2) is 5.14. The summed E-state index contributed by atoms with van der Waals surface area (Å²) < 4.78 is 7.38. The maximum Gasteiger partial charge on any atom is 0.303 e. The van der Waals surface area contributed by atoms with E-state index < -0.39 is 12.4 Å². The van der Waals surface area contributed by atoms with Crippen LogP contribution in [0.3, 0.4) is 0 Å². The van der Waals surface area contributed by atoms with Crippen LogP contribution in [0.25, 0.3) is 6.08 Å². The molecule has 0 amide bonds. The van der Waals surface area contributed by atoms with Gasteiger partial charge in [0.1, 0.15) is 0 Å². The van der Waals surface area contributed by atoms with Crippen molar-refractivity contribution in [1.29, 1.82) is 0 Å². The summed E-state index contributed by atoms with van der Waals surface area (Å²) in [5, 5.41) is 8.43. The van der Waals surface area contributed by atoms with E-state index in [1.54, 1.807) is 12.2 Å².